The van der Waals surface area contributed by atoms with Gasteiger partial charge in [0.25, 0.3) is 0 Å². The van der Waals surface area contributed by atoms with Crippen LogP contribution in [-0.4, -0.2) is 81.0 Å². The molecule has 4 atom stereocenters. The van der Waals surface area contributed by atoms with E-state index >= 15 is 0 Å². The number of rotatable bonds is 9. The van der Waals surface area contributed by atoms with E-state index in [1.165, 1.54) is 23.5 Å². The monoisotopic (exact) mass is 458 g/mol. The Kier molecular flexibility index (Phi) is 8.85. The number of unbranched alkanes of at least 4 members (excludes halogenated alkanes) is 2. The van der Waals surface area contributed by atoms with Crippen molar-refractivity contribution in [2.75, 3.05) is 26.2 Å². The Bertz CT molecular complexity index is 804. The molecule has 0 spiro atoms. The van der Waals surface area contributed by atoms with Gasteiger partial charge in [-0.2, -0.15) is 0 Å². The quantitative estimate of drug-likeness (QED) is 0.423. The molecule has 2 aromatic rings. The lowest BCUT2D eigenvalue weighted by atomic mass is 10.1. The molecule has 0 unspecified atom stereocenters. The SMILES string of the molecule is O[C@H]1[C@H](O)[C@@H](O)CN(CCCCCOCc2csc(-c3cc(F)cc(F)c3)n2)C[C@@H]1O. The summed E-state index contributed by atoms with van der Waals surface area (Å²) < 4.78 is 32.3. The highest BCUT2D eigenvalue weighted by atomic mass is 32.1. The summed E-state index contributed by atoms with van der Waals surface area (Å²) in [6.45, 7) is 1.88. The molecule has 1 aromatic heterocycles. The minimum Gasteiger partial charge on any atom is -0.389 e. The van der Waals surface area contributed by atoms with Gasteiger partial charge in [0.05, 0.1) is 24.5 Å². The number of nitrogens with zero attached hydrogens (tertiary/aromatic N) is 2. The summed E-state index contributed by atoms with van der Waals surface area (Å²) in [5.74, 6) is -1.28. The molecular weight excluding hydrogens is 430 g/mol. The van der Waals surface area contributed by atoms with E-state index in [9.17, 15) is 29.2 Å². The zero-order chi connectivity index (χ0) is 22.4. The van der Waals surface area contributed by atoms with Gasteiger partial charge in [0.15, 0.2) is 0 Å². The van der Waals surface area contributed by atoms with Gasteiger partial charge >= 0.3 is 0 Å². The van der Waals surface area contributed by atoms with Crippen molar-refractivity contribution in [3.8, 4) is 10.6 Å². The first-order valence-corrected chi connectivity index (χ1v) is 11.1. The number of aromatic nitrogens is 1. The van der Waals surface area contributed by atoms with Gasteiger partial charge in [-0.05, 0) is 37.9 Å². The van der Waals surface area contributed by atoms with Crippen LogP contribution in [0.15, 0.2) is 23.6 Å². The van der Waals surface area contributed by atoms with E-state index < -0.39 is 36.1 Å². The summed E-state index contributed by atoms with van der Waals surface area (Å²) in [6.07, 6.45) is -2.38. The molecule has 0 saturated carbocycles. The Morgan fingerprint density at radius 3 is 2.26 bits per heavy atom. The lowest BCUT2D eigenvalue weighted by Gasteiger charge is -2.23. The molecule has 0 bridgehead atoms. The Labute approximate surface area is 183 Å². The van der Waals surface area contributed by atoms with Crippen LogP contribution in [0.4, 0.5) is 8.78 Å². The van der Waals surface area contributed by atoms with Crippen molar-refractivity contribution in [3.05, 3.63) is 40.9 Å². The summed E-state index contributed by atoms with van der Waals surface area (Å²) in [5, 5.41) is 41.5. The Morgan fingerprint density at radius 2 is 1.61 bits per heavy atom. The van der Waals surface area contributed by atoms with Crippen molar-refractivity contribution in [1.82, 2.24) is 9.88 Å². The maximum absolute atomic E-state index is 13.3. The van der Waals surface area contributed by atoms with Crippen molar-refractivity contribution < 1.29 is 33.9 Å². The Balaban J connectivity index is 1.33. The number of hydrogen-bond acceptors (Lipinski definition) is 8. The highest BCUT2D eigenvalue weighted by Gasteiger charge is 2.35. The number of benzene rings is 1. The summed E-state index contributed by atoms with van der Waals surface area (Å²) >= 11 is 1.30. The van der Waals surface area contributed by atoms with Crippen LogP contribution in [0.25, 0.3) is 10.6 Å². The first kappa shape index (κ1) is 24.1. The smallest absolute Gasteiger partial charge is 0.126 e. The molecule has 4 N–H and O–H groups in total. The first-order valence-electron chi connectivity index (χ1n) is 10.3. The number of β-amino-alcohol motifs (C(OH)–C–C–N with tert-alkyl or cyclic N) is 2. The van der Waals surface area contributed by atoms with Crippen molar-refractivity contribution in [1.29, 1.82) is 0 Å². The Hall–Kier alpha value is -1.53. The van der Waals surface area contributed by atoms with Gasteiger partial charge in [0, 0.05) is 36.7 Å². The number of halogens is 2. The van der Waals surface area contributed by atoms with Gasteiger partial charge in [0.2, 0.25) is 0 Å². The molecule has 1 saturated heterocycles. The van der Waals surface area contributed by atoms with Gasteiger partial charge in [0.1, 0.15) is 28.8 Å². The average molecular weight is 459 g/mol. The number of likely N-dealkylation sites (tertiary alicyclic amines) is 1. The van der Waals surface area contributed by atoms with Crippen molar-refractivity contribution in [2.45, 2.75) is 50.3 Å². The van der Waals surface area contributed by atoms with Crippen LogP contribution in [0, 0.1) is 11.6 Å². The van der Waals surface area contributed by atoms with E-state index in [1.807, 2.05) is 4.90 Å². The zero-order valence-corrected chi connectivity index (χ0v) is 17.8. The molecule has 1 aromatic carbocycles. The van der Waals surface area contributed by atoms with E-state index in [4.69, 9.17) is 4.74 Å². The van der Waals surface area contributed by atoms with E-state index in [1.54, 1.807) is 5.38 Å². The topological polar surface area (TPSA) is 106 Å². The van der Waals surface area contributed by atoms with Crippen LogP contribution in [0.1, 0.15) is 25.0 Å². The van der Waals surface area contributed by atoms with Gasteiger partial charge in [-0.25, -0.2) is 13.8 Å². The number of aliphatic hydroxyl groups excluding tert-OH is 4. The number of thiazole rings is 1. The molecule has 3 rings (SSSR count). The molecule has 1 aliphatic rings. The van der Waals surface area contributed by atoms with Crippen molar-refractivity contribution in [2.24, 2.45) is 0 Å². The van der Waals surface area contributed by atoms with Gasteiger partial charge < -0.3 is 25.2 Å². The first-order chi connectivity index (χ1) is 14.8. The third-order valence-corrected chi connectivity index (χ3v) is 6.14. The van der Waals surface area contributed by atoms with Crippen LogP contribution in [0.2, 0.25) is 0 Å². The molecule has 1 fully saturated rings. The Morgan fingerprint density at radius 1 is 0.968 bits per heavy atom. The number of aliphatic hydroxyl groups is 4. The molecule has 0 aliphatic carbocycles. The number of hydrogen-bond donors (Lipinski definition) is 4. The fourth-order valence-corrected chi connectivity index (χ4v) is 4.33. The van der Waals surface area contributed by atoms with Crippen LogP contribution in [-0.2, 0) is 11.3 Å². The second-order valence-corrected chi connectivity index (χ2v) is 8.65. The van der Waals surface area contributed by atoms with Crippen LogP contribution < -0.4 is 0 Å². The maximum Gasteiger partial charge on any atom is 0.126 e. The fourth-order valence-electron chi connectivity index (χ4n) is 3.53. The third-order valence-electron chi connectivity index (χ3n) is 5.20. The molecule has 0 amide bonds. The van der Waals surface area contributed by atoms with Crippen molar-refractivity contribution >= 4 is 11.3 Å². The van der Waals surface area contributed by atoms with Crippen LogP contribution in [0.3, 0.4) is 0 Å². The second-order valence-electron chi connectivity index (χ2n) is 7.79. The highest BCUT2D eigenvalue weighted by molar-refractivity contribution is 7.13. The molecular formula is C21H28F2N2O5S. The van der Waals surface area contributed by atoms with E-state index in [-0.39, 0.29) is 13.1 Å². The second kappa shape index (κ2) is 11.4. The summed E-state index contributed by atoms with van der Waals surface area (Å²) in [4.78, 5) is 6.19. The predicted molar refractivity (Wildman–Crippen MR) is 111 cm³/mol. The van der Waals surface area contributed by atoms with Gasteiger partial charge in [-0.1, -0.05) is 0 Å². The zero-order valence-electron chi connectivity index (χ0n) is 17.0. The standard InChI is InChI=1S/C21H28F2N2O5S/c22-14-6-13(7-15(23)8-14)21-24-16(12-31-21)11-30-5-3-1-2-4-25-9-17(26)19(28)20(29)18(27)10-25/h6-8,12,17-20,26-29H,1-5,9-11H2/t17-,18-,19+,20+/m0/s1. The number of ether oxygens (including phenoxy) is 1. The van der Waals surface area contributed by atoms with Crippen LogP contribution in [0.5, 0.6) is 0 Å². The van der Waals surface area contributed by atoms with E-state index in [0.29, 0.717) is 36.0 Å². The molecule has 1 aliphatic heterocycles. The molecule has 2 heterocycles. The predicted octanol–water partition coefficient (Wildman–Crippen LogP) is 1.53. The normalized spacial score (nSPS) is 25.0. The van der Waals surface area contributed by atoms with Gasteiger partial charge in [-0.3, -0.25) is 4.90 Å². The molecule has 10 heteroatoms. The lowest BCUT2D eigenvalue weighted by Crippen LogP contribution is -2.43. The molecule has 7 nitrogen and oxygen atoms in total. The van der Waals surface area contributed by atoms with Crippen molar-refractivity contribution in [3.63, 3.8) is 0 Å². The molecule has 0 radical (unpaired) electrons. The molecule has 172 valence electrons. The summed E-state index contributed by atoms with van der Waals surface area (Å²) in [5.41, 5.74) is 1.10. The largest absolute Gasteiger partial charge is 0.389 e. The minimum absolute atomic E-state index is 0.202. The molecule has 31 heavy (non-hydrogen) atoms. The lowest BCUT2D eigenvalue weighted by molar-refractivity contribution is -0.0894. The van der Waals surface area contributed by atoms with E-state index in [0.717, 1.165) is 25.3 Å². The fraction of sp³-hybridized carbons (Fsp3) is 0.571. The van der Waals surface area contributed by atoms with Crippen LogP contribution >= 0.6 is 11.3 Å². The summed E-state index contributed by atoms with van der Waals surface area (Å²) in [7, 11) is 0. The van der Waals surface area contributed by atoms with E-state index in [2.05, 4.69) is 4.98 Å². The average Bonchev–Trinajstić information content (AvgIpc) is 3.16. The maximum atomic E-state index is 13.3. The third kappa shape index (κ3) is 6.98. The van der Waals surface area contributed by atoms with Gasteiger partial charge in [-0.15, -0.1) is 11.3 Å². The minimum atomic E-state index is -1.35. The highest BCUT2D eigenvalue weighted by Crippen LogP contribution is 2.25. The summed E-state index contributed by atoms with van der Waals surface area (Å²) in [6, 6.07) is 3.32.